The number of pyridine rings is 1. The lowest BCUT2D eigenvalue weighted by Crippen LogP contribution is -2.69. The molecule has 1 aromatic heterocycles. The summed E-state index contributed by atoms with van der Waals surface area (Å²) in [5.41, 5.74) is 4.12. The summed E-state index contributed by atoms with van der Waals surface area (Å²) in [6, 6.07) is 15.8. The molecule has 220 valence electrons. The first kappa shape index (κ1) is 32.6. The van der Waals surface area contributed by atoms with Crippen molar-refractivity contribution in [3.63, 3.8) is 0 Å². The van der Waals surface area contributed by atoms with E-state index in [9.17, 15) is 0 Å². The van der Waals surface area contributed by atoms with E-state index < -0.39 is 0 Å². The highest BCUT2D eigenvalue weighted by atomic mass is 33.1. The van der Waals surface area contributed by atoms with E-state index in [1.54, 1.807) is 28.4 Å². The predicted molar refractivity (Wildman–Crippen MR) is 179 cm³/mol. The molecule has 0 amide bonds. The second-order valence-electron chi connectivity index (χ2n) is 8.89. The first-order valence-electron chi connectivity index (χ1n) is 13.5. The maximum Gasteiger partial charge on any atom is 0.169 e. The smallest absolute Gasteiger partial charge is 0.169 e. The van der Waals surface area contributed by atoms with Gasteiger partial charge < -0.3 is 18.9 Å². The Morgan fingerprint density at radius 1 is 0.786 bits per heavy atom. The third kappa shape index (κ3) is 10.8. The van der Waals surface area contributed by atoms with Gasteiger partial charge in [-0.1, -0.05) is 58.5 Å². The number of aryl methyl sites for hydroxylation is 1. The molecule has 0 spiro atoms. The molecule has 1 heterocycles. The van der Waals surface area contributed by atoms with E-state index in [1.807, 2.05) is 88.5 Å². The van der Waals surface area contributed by atoms with Crippen LogP contribution >= 0.6 is 21.6 Å². The topological polar surface area (TPSA) is 54.8 Å². The van der Waals surface area contributed by atoms with Crippen molar-refractivity contribution >= 4 is 46.0 Å². The number of benzene rings is 2. The third-order valence-corrected chi connectivity index (χ3v) is 8.57. The van der Waals surface area contributed by atoms with Gasteiger partial charge in [0.25, 0.3) is 0 Å². The minimum atomic E-state index is 0.764. The zero-order chi connectivity index (χ0) is 30.0. The van der Waals surface area contributed by atoms with Gasteiger partial charge in [-0.15, -0.1) is 0 Å². The molecular weight excluding hydrogens is 565 g/mol. The Labute approximate surface area is 257 Å². The van der Waals surface area contributed by atoms with Gasteiger partial charge in [-0.05, 0) is 35.4 Å². The summed E-state index contributed by atoms with van der Waals surface area (Å²) >= 11 is 0. The van der Waals surface area contributed by atoms with Crippen molar-refractivity contribution in [3.8, 4) is 23.0 Å². The SMILES string of the molecule is C=CC(/C=C/c1ccc(OC)cc1OC)=C\C=[NH+]CCSSCC[n+]1ccc(/C=C/c2ccc(OC)cc2OC)cc1. The molecule has 0 aliphatic heterocycles. The van der Waals surface area contributed by atoms with Crippen molar-refractivity contribution in [1.29, 1.82) is 0 Å². The van der Waals surface area contributed by atoms with E-state index in [1.165, 1.54) is 0 Å². The average molecular weight is 605 g/mol. The van der Waals surface area contributed by atoms with Gasteiger partial charge in [0.1, 0.15) is 23.0 Å². The molecule has 3 rings (SSSR count). The van der Waals surface area contributed by atoms with Crippen LogP contribution in [0.2, 0.25) is 0 Å². The van der Waals surface area contributed by atoms with E-state index in [4.69, 9.17) is 18.9 Å². The molecule has 0 aliphatic carbocycles. The number of rotatable bonds is 17. The summed E-state index contributed by atoms with van der Waals surface area (Å²) in [7, 11) is 10.4. The van der Waals surface area contributed by atoms with Crippen molar-refractivity contribution in [2.45, 2.75) is 6.54 Å². The molecule has 1 N–H and O–H groups in total. The lowest BCUT2D eigenvalue weighted by molar-refractivity contribution is -0.692. The average Bonchev–Trinajstić information content (AvgIpc) is 3.04. The van der Waals surface area contributed by atoms with Gasteiger partial charge >= 0.3 is 0 Å². The maximum atomic E-state index is 5.48. The van der Waals surface area contributed by atoms with Gasteiger partial charge in [-0.2, -0.15) is 0 Å². The quantitative estimate of drug-likeness (QED) is 0.0719. The largest absolute Gasteiger partial charge is 0.497 e. The van der Waals surface area contributed by atoms with Gasteiger partial charge in [-0.25, -0.2) is 9.56 Å². The van der Waals surface area contributed by atoms with Gasteiger partial charge in [0.2, 0.25) is 0 Å². The summed E-state index contributed by atoms with van der Waals surface area (Å²) in [6.45, 7) is 5.77. The molecule has 0 saturated heterocycles. The second kappa shape index (κ2) is 18.5. The molecular formula is C34H40N2O4S2+2. The molecule has 0 aliphatic rings. The number of nitrogens with zero attached hydrogens (tertiary/aromatic N) is 1. The van der Waals surface area contributed by atoms with Crippen LogP contribution in [-0.2, 0) is 6.54 Å². The lowest BCUT2D eigenvalue weighted by Gasteiger charge is -2.07. The number of nitrogens with one attached hydrogen (secondary N) is 1. The van der Waals surface area contributed by atoms with Crippen LogP contribution in [0.4, 0.5) is 0 Å². The van der Waals surface area contributed by atoms with E-state index in [2.05, 4.69) is 52.8 Å². The molecule has 0 saturated carbocycles. The van der Waals surface area contributed by atoms with Crippen LogP contribution in [0.25, 0.3) is 18.2 Å². The van der Waals surface area contributed by atoms with Crippen LogP contribution < -0.4 is 28.5 Å². The van der Waals surface area contributed by atoms with Crippen molar-refractivity contribution < 1.29 is 28.5 Å². The monoisotopic (exact) mass is 604 g/mol. The Hall–Kier alpha value is -3.88. The Bertz CT molecular complexity index is 1400. The predicted octanol–water partition coefficient (Wildman–Crippen LogP) is 5.54. The second-order valence-corrected chi connectivity index (χ2v) is 11.6. The Morgan fingerprint density at radius 3 is 2.00 bits per heavy atom. The first-order chi connectivity index (χ1) is 20.6. The molecule has 0 bridgehead atoms. The Kier molecular flexibility index (Phi) is 14.4. The molecule has 0 unspecified atom stereocenters. The lowest BCUT2D eigenvalue weighted by atomic mass is 10.1. The summed E-state index contributed by atoms with van der Waals surface area (Å²) in [6.07, 6.45) is 18.2. The zero-order valence-corrected chi connectivity index (χ0v) is 26.4. The number of aromatic nitrogens is 1. The normalized spacial score (nSPS) is 11.9. The van der Waals surface area contributed by atoms with Crippen LogP contribution in [0, 0.1) is 0 Å². The number of ether oxygens (including phenoxy) is 4. The van der Waals surface area contributed by atoms with Crippen molar-refractivity contribution in [2.75, 3.05) is 46.5 Å². The third-order valence-electron chi connectivity index (χ3n) is 6.18. The van der Waals surface area contributed by atoms with Crippen molar-refractivity contribution in [1.82, 2.24) is 0 Å². The molecule has 6 nitrogen and oxygen atoms in total. The fourth-order valence-corrected chi connectivity index (χ4v) is 5.71. The summed E-state index contributed by atoms with van der Waals surface area (Å²) in [4.78, 5) is 3.35. The van der Waals surface area contributed by atoms with Gasteiger partial charge in [0.15, 0.2) is 31.7 Å². The minimum Gasteiger partial charge on any atom is -0.497 e. The van der Waals surface area contributed by atoms with Crippen LogP contribution in [0.15, 0.2) is 91.3 Å². The van der Waals surface area contributed by atoms with Gasteiger partial charge in [-0.3, -0.25) is 0 Å². The number of allylic oxidation sites excluding steroid dienone is 4. The maximum absolute atomic E-state index is 5.48. The van der Waals surface area contributed by atoms with E-state index in [0.29, 0.717) is 0 Å². The molecule has 2 aromatic carbocycles. The van der Waals surface area contributed by atoms with Crippen LogP contribution in [0.5, 0.6) is 23.0 Å². The Balaban J connectivity index is 1.36. The van der Waals surface area contributed by atoms with E-state index in [-0.39, 0.29) is 0 Å². The zero-order valence-electron chi connectivity index (χ0n) is 24.7. The van der Waals surface area contributed by atoms with E-state index >= 15 is 0 Å². The molecule has 8 heteroatoms. The summed E-state index contributed by atoms with van der Waals surface area (Å²) < 4.78 is 23.7. The molecule has 0 radical (unpaired) electrons. The minimum absolute atomic E-state index is 0.764. The molecule has 0 atom stereocenters. The number of hydrogen-bond donors (Lipinski definition) is 1. The standard InChI is InChI=1S/C34H39N2O4S2/c1-6-27(7-9-29-11-13-31(37-2)25-33(29)39-4)15-18-35-19-23-41-42-24-22-36-20-16-28(17-21-36)8-10-30-12-14-32(38-3)26-34(30)40-5/h6-18,20-21,25-26H,1,19,22-24H2,2-5H3/q+1/p+1/b9-7+,10-8+,27-15+,35-18?. The van der Waals surface area contributed by atoms with E-state index in [0.717, 1.165) is 69.9 Å². The first-order valence-corrected chi connectivity index (χ1v) is 16.0. The number of methoxy groups -OCH3 is 4. The Morgan fingerprint density at radius 2 is 1.40 bits per heavy atom. The molecule has 3 aromatic rings. The van der Waals surface area contributed by atoms with Gasteiger partial charge in [0, 0.05) is 41.5 Å². The highest BCUT2D eigenvalue weighted by molar-refractivity contribution is 8.76. The molecule has 0 fully saturated rings. The molecule has 42 heavy (non-hydrogen) atoms. The number of hydrogen-bond acceptors (Lipinski definition) is 6. The summed E-state index contributed by atoms with van der Waals surface area (Å²) in [5.74, 6) is 5.15. The van der Waals surface area contributed by atoms with Crippen molar-refractivity contribution in [3.05, 3.63) is 108 Å². The highest BCUT2D eigenvalue weighted by Gasteiger charge is 2.04. The van der Waals surface area contributed by atoms with Gasteiger partial charge in [0.05, 0.1) is 39.9 Å². The van der Waals surface area contributed by atoms with Crippen molar-refractivity contribution in [2.24, 2.45) is 0 Å². The van der Waals surface area contributed by atoms with Crippen LogP contribution in [0.1, 0.15) is 16.7 Å². The van der Waals surface area contributed by atoms with Crippen LogP contribution in [0.3, 0.4) is 0 Å². The fourth-order valence-electron chi connectivity index (χ4n) is 3.80. The van der Waals surface area contributed by atoms with Crippen LogP contribution in [-0.4, -0.2) is 52.7 Å². The fraction of sp³-hybridized carbons (Fsp3) is 0.235. The summed E-state index contributed by atoms with van der Waals surface area (Å²) in [5, 5.41) is 0. The highest BCUT2D eigenvalue weighted by Crippen LogP contribution is 2.27.